The summed E-state index contributed by atoms with van der Waals surface area (Å²) < 4.78 is 8.34. The molecule has 21 heavy (non-hydrogen) atoms. The molecule has 1 aliphatic rings. The standard InChI is InChI=1S/C12H6Cl4N4S/c13-5-1-4(17)2-6(14)9(5)18-10-7(15)3-8(16)11-12(10)20-21-19-11/h1-3,18H,17H2. The Kier molecular flexibility index (Phi) is 4.03. The first kappa shape index (κ1) is 14.9. The SMILES string of the molecule is Nc1cc(Cl)c(Nc2c(Cl)cc(Cl)c3c2N=S=N3)c(Cl)c1. The molecule has 0 amide bonds. The lowest BCUT2D eigenvalue weighted by molar-refractivity contribution is 1.49. The maximum absolute atomic E-state index is 6.23. The van der Waals surface area contributed by atoms with Gasteiger partial charge in [-0.2, -0.15) is 8.73 Å². The van der Waals surface area contributed by atoms with Gasteiger partial charge in [-0.3, -0.25) is 0 Å². The van der Waals surface area contributed by atoms with Gasteiger partial charge >= 0.3 is 0 Å². The number of nitrogens with one attached hydrogen (secondary N) is 1. The fourth-order valence-corrected chi connectivity index (χ4v) is 3.59. The van der Waals surface area contributed by atoms with Crippen molar-refractivity contribution >= 4 is 86.2 Å². The molecule has 2 aromatic carbocycles. The first-order chi connectivity index (χ1) is 9.97. The second kappa shape index (κ2) is 5.66. The molecule has 0 spiro atoms. The summed E-state index contributed by atoms with van der Waals surface area (Å²) in [4.78, 5) is 0. The lowest BCUT2D eigenvalue weighted by atomic mass is 10.2. The van der Waals surface area contributed by atoms with Crippen molar-refractivity contribution in [3.63, 3.8) is 0 Å². The zero-order chi connectivity index (χ0) is 15.1. The Morgan fingerprint density at radius 1 is 0.810 bits per heavy atom. The van der Waals surface area contributed by atoms with E-state index in [1.165, 1.54) is 0 Å². The summed E-state index contributed by atoms with van der Waals surface area (Å²) in [5, 5.41) is 4.67. The van der Waals surface area contributed by atoms with Crippen LogP contribution in [0.3, 0.4) is 0 Å². The highest BCUT2D eigenvalue weighted by Crippen LogP contribution is 2.49. The van der Waals surface area contributed by atoms with Gasteiger partial charge < -0.3 is 11.1 Å². The van der Waals surface area contributed by atoms with E-state index in [0.717, 1.165) is 11.4 Å². The van der Waals surface area contributed by atoms with Gasteiger partial charge in [0.1, 0.15) is 11.4 Å². The van der Waals surface area contributed by atoms with Crippen LogP contribution in [0, 0.1) is 0 Å². The molecule has 0 fully saturated rings. The van der Waals surface area contributed by atoms with Crippen molar-refractivity contribution in [2.45, 2.75) is 0 Å². The van der Waals surface area contributed by atoms with Crippen LogP contribution < -0.4 is 11.1 Å². The monoisotopic (exact) mass is 378 g/mol. The number of nitrogens with two attached hydrogens (primary N) is 1. The molecule has 0 radical (unpaired) electrons. The predicted octanol–water partition coefficient (Wildman–Crippen LogP) is 6.35. The van der Waals surface area contributed by atoms with E-state index < -0.39 is 0 Å². The zero-order valence-corrected chi connectivity index (χ0v) is 14.0. The summed E-state index contributed by atoms with van der Waals surface area (Å²) in [5.74, 6) is 0. The zero-order valence-electron chi connectivity index (χ0n) is 10.1. The van der Waals surface area contributed by atoms with Crippen LogP contribution in [0.1, 0.15) is 0 Å². The number of nitrogen functional groups attached to an aromatic ring is 1. The summed E-state index contributed by atoms with van der Waals surface area (Å²) in [6.07, 6.45) is 0. The highest BCUT2D eigenvalue weighted by Gasteiger charge is 2.20. The van der Waals surface area contributed by atoms with Gasteiger partial charge in [0.2, 0.25) is 0 Å². The highest BCUT2D eigenvalue weighted by atomic mass is 35.5. The third-order valence-corrected chi connectivity index (χ3v) is 4.47. The van der Waals surface area contributed by atoms with Crippen molar-refractivity contribution in [1.82, 2.24) is 0 Å². The van der Waals surface area contributed by atoms with E-state index in [4.69, 9.17) is 52.1 Å². The van der Waals surface area contributed by atoms with Crippen molar-refractivity contribution in [2.75, 3.05) is 11.1 Å². The number of rotatable bonds is 2. The van der Waals surface area contributed by atoms with Crippen LogP contribution >= 0.6 is 46.4 Å². The van der Waals surface area contributed by atoms with Gasteiger partial charge in [0, 0.05) is 5.69 Å². The molecule has 0 bridgehead atoms. The summed E-state index contributed by atoms with van der Waals surface area (Å²) in [6.45, 7) is 0. The molecular weight excluding hydrogens is 374 g/mol. The van der Waals surface area contributed by atoms with Gasteiger partial charge in [0.05, 0.1) is 42.8 Å². The lowest BCUT2D eigenvalue weighted by Gasteiger charge is -2.15. The molecule has 2 aromatic rings. The molecular formula is C12H6Cl4N4S. The molecule has 0 aromatic heterocycles. The van der Waals surface area contributed by atoms with Gasteiger partial charge in [-0.1, -0.05) is 46.4 Å². The van der Waals surface area contributed by atoms with Crippen LogP contribution in [0.25, 0.3) is 0 Å². The Balaban J connectivity index is 2.13. The van der Waals surface area contributed by atoms with E-state index in [-0.39, 0.29) is 0 Å². The van der Waals surface area contributed by atoms with Crippen molar-refractivity contribution in [2.24, 2.45) is 8.73 Å². The van der Waals surface area contributed by atoms with Gasteiger partial charge in [-0.25, -0.2) is 0 Å². The van der Waals surface area contributed by atoms with E-state index in [9.17, 15) is 0 Å². The van der Waals surface area contributed by atoms with Gasteiger partial charge in [0.25, 0.3) is 0 Å². The quantitative estimate of drug-likeness (QED) is 0.509. The number of halogens is 4. The second-order valence-corrected chi connectivity index (χ2v) is 6.32. The number of anilines is 3. The lowest BCUT2D eigenvalue weighted by Crippen LogP contribution is -1.96. The Bertz CT molecular complexity index is 807. The predicted molar refractivity (Wildman–Crippen MR) is 92.2 cm³/mol. The number of benzene rings is 2. The molecule has 1 aliphatic heterocycles. The van der Waals surface area contributed by atoms with Crippen molar-refractivity contribution in [3.8, 4) is 0 Å². The molecule has 108 valence electrons. The number of hydrogen-bond acceptors (Lipinski definition) is 4. The van der Waals surface area contributed by atoms with Crippen molar-refractivity contribution in [1.29, 1.82) is 0 Å². The number of nitrogens with zero attached hydrogens (tertiary/aromatic N) is 2. The normalized spacial score (nSPS) is 12.2. The summed E-state index contributed by atoms with van der Waals surface area (Å²) >= 11 is 25.7. The molecule has 3 N–H and O–H groups in total. The molecule has 0 saturated heterocycles. The molecule has 4 nitrogen and oxygen atoms in total. The van der Waals surface area contributed by atoms with E-state index in [2.05, 4.69) is 14.0 Å². The maximum Gasteiger partial charge on any atom is 0.131 e. The number of hydrogen-bond donors (Lipinski definition) is 2. The average Bonchev–Trinajstić information content (AvgIpc) is 2.86. The van der Waals surface area contributed by atoms with Gasteiger partial charge in [-0.15, -0.1) is 0 Å². The van der Waals surface area contributed by atoms with Crippen LogP contribution in [-0.4, -0.2) is 0 Å². The van der Waals surface area contributed by atoms with Crippen LogP contribution in [0.5, 0.6) is 0 Å². The molecule has 0 saturated carbocycles. The van der Waals surface area contributed by atoms with E-state index >= 15 is 0 Å². The molecule has 0 atom stereocenters. The topological polar surface area (TPSA) is 62.8 Å². The van der Waals surface area contributed by atoms with Crippen LogP contribution in [0.4, 0.5) is 28.4 Å². The Labute approximate surface area is 144 Å². The third-order valence-electron chi connectivity index (χ3n) is 2.76. The molecule has 1 heterocycles. The van der Waals surface area contributed by atoms with E-state index in [0.29, 0.717) is 48.5 Å². The first-order valence-corrected chi connectivity index (χ1v) is 7.83. The molecule has 9 heteroatoms. The Morgan fingerprint density at radius 2 is 1.38 bits per heavy atom. The Morgan fingerprint density at radius 3 is 2.05 bits per heavy atom. The van der Waals surface area contributed by atoms with Crippen LogP contribution in [0.2, 0.25) is 20.1 Å². The van der Waals surface area contributed by atoms with Crippen molar-refractivity contribution < 1.29 is 0 Å². The summed E-state index contributed by atoms with van der Waals surface area (Å²) in [5.41, 5.74) is 8.31. The molecule has 0 aliphatic carbocycles. The second-order valence-electron chi connectivity index (χ2n) is 4.16. The highest BCUT2D eigenvalue weighted by molar-refractivity contribution is 7.58. The Hall–Kier alpha value is -0.980. The smallest absolute Gasteiger partial charge is 0.131 e. The molecule has 3 rings (SSSR count). The third kappa shape index (κ3) is 2.72. The maximum atomic E-state index is 6.23. The van der Waals surface area contributed by atoms with Crippen molar-refractivity contribution in [3.05, 3.63) is 38.3 Å². The van der Waals surface area contributed by atoms with E-state index in [1.54, 1.807) is 18.2 Å². The molecule has 0 unspecified atom stereocenters. The van der Waals surface area contributed by atoms with Gasteiger partial charge in [0.15, 0.2) is 0 Å². The summed E-state index contributed by atoms with van der Waals surface area (Å²) in [6, 6.07) is 4.78. The minimum Gasteiger partial charge on any atom is -0.399 e. The number of fused-ring (bicyclic) bond motifs is 1. The van der Waals surface area contributed by atoms with Crippen LogP contribution in [0.15, 0.2) is 26.9 Å². The largest absolute Gasteiger partial charge is 0.399 e. The first-order valence-electron chi connectivity index (χ1n) is 5.59. The van der Waals surface area contributed by atoms with Crippen LogP contribution in [-0.2, 0) is 11.4 Å². The fourth-order valence-electron chi connectivity index (χ4n) is 1.83. The minimum atomic E-state index is 0.377. The summed E-state index contributed by atoms with van der Waals surface area (Å²) in [7, 11) is 0. The van der Waals surface area contributed by atoms with E-state index in [1.807, 2.05) is 0 Å². The van der Waals surface area contributed by atoms with Gasteiger partial charge in [-0.05, 0) is 18.2 Å². The average molecular weight is 380 g/mol. The minimum absolute atomic E-state index is 0.377. The fraction of sp³-hybridized carbons (Fsp3) is 0.